The Balaban J connectivity index is 0.00000288. The van der Waals surface area contributed by atoms with Gasteiger partial charge in [-0.1, -0.05) is 26.0 Å². The van der Waals surface area contributed by atoms with Gasteiger partial charge in [0.05, 0.1) is 12.8 Å². The zero-order valence-electron chi connectivity index (χ0n) is 15.0. The number of nitrogens with two attached hydrogens (primary N) is 1. The van der Waals surface area contributed by atoms with Crippen molar-refractivity contribution in [3.05, 3.63) is 24.3 Å². The summed E-state index contributed by atoms with van der Waals surface area (Å²) >= 11 is 0. The van der Waals surface area contributed by atoms with Crippen molar-refractivity contribution in [1.29, 1.82) is 0 Å². The van der Waals surface area contributed by atoms with Crippen LogP contribution in [0, 0.1) is 11.8 Å². The summed E-state index contributed by atoms with van der Waals surface area (Å²) < 4.78 is 5.29. The van der Waals surface area contributed by atoms with Gasteiger partial charge >= 0.3 is 0 Å². The van der Waals surface area contributed by atoms with Crippen molar-refractivity contribution in [3.63, 3.8) is 0 Å². The molecule has 1 aliphatic heterocycles. The summed E-state index contributed by atoms with van der Waals surface area (Å²) in [5.41, 5.74) is 6.80. The molecule has 136 valence electrons. The van der Waals surface area contributed by atoms with Crippen molar-refractivity contribution in [2.45, 2.75) is 26.7 Å². The number of aliphatic imine (C=N–C) groups is 1. The maximum Gasteiger partial charge on any atom is 0.193 e. The van der Waals surface area contributed by atoms with Gasteiger partial charge in [0, 0.05) is 19.6 Å². The maximum absolute atomic E-state index is 5.96. The number of anilines is 1. The molecular weight excluding hydrogens is 415 g/mol. The van der Waals surface area contributed by atoms with Crippen molar-refractivity contribution in [2.24, 2.45) is 22.6 Å². The lowest BCUT2D eigenvalue weighted by Gasteiger charge is -2.34. The molecule has 0 aliphatic carbocycles. The minimum absolute atomic E-state index is 0. The van der Waals surface area contributed by atoms with E-state index in [1.165, 1.54) is 19.5 Å². The van der Waals surface area contributed by atoms with Crippen LogP contribution in [0.1, 0.15) is 26.7 Å². The number of nitrogens with zero attached hydrogens (tertiary/aromatic N) is 2. The molecule has 0 saturated carbocycles. The zero-order valence-corrected chi connectivity index (χ0v) is 17.3. The highest BCUT2D eigenvalue weighted by molar-refractivity contribution is 14.0. The van der Waals surface area contributed by atoms with Gasteiger partial charge < -0.3 is 20.7 Å². The average molecular weight is 446 g/mol. The summed E-state index contributed by atoms with van der Waals surface area (Å²) in [6.45, 7) is 8.95. The van der Waals surface area contributed by atoms with E-state index in [2.05, 4.69) is 29.1 Å². The predicted octanol–water partition coefficient (Wildman–Crippen LogP) is 3.41. The number of benzene rings is 1. The fourth-order valence-corrected chi connectivity index (χ4v) is 3.39. The number of ether oxygens (including phenoxy) is 1. The quantitative estimate of drug-likeness (QED) is 0.304. The first-order valence-electron chi connectivity index (χ1n) is 8.50. The lowest BCUT2D eigenvalue weighted by Crippen LogP contribution is -2.39. The Morgan fingerprint density at radius 3 is 2.62 bits per heavy atom. The Bertz CT molecular complexity index is 513. The highest BCUT2D eigenvalue weighted by Crippen LogP contribution is 2.22. The molecule has 1 fully saturated rings. The minimum atomic E-state index is 0. The van der Waals surface area contributed by atoms with E-state index >= 15 is 0 Å². The van der Waals surface area contributed by atoms with Crippen LogP contribution in [0.4, 0.5) is 5.69 Å². The van der Waals surface area contributed by atoms with E-state index < -0.39 is 0 Å². The van der Waals surface area contributed by atoms with Crippen LogP contribution in [0.3, 0.4) is 0 Å². The molecule has 6 heteroatoms. The number of likely N-dealkylation sites (tertiary alicyclic amines) is 1. The minimum Gasteiger partial charge on any atom is -0.495 e. The monoisotopic (exact) mass is 446 g/mol. The van der Waals surface area contributed by atoms with Crippen molar-refractivity contribution < 1.29 is 4.74 Å². The van der Waals surface area contributed by atoms with Crippen molar-refractivity contribution >= 4 is 35.6 Å². The summed E-state index contributed by atoms with van der Waals surface area (Å²) in [5.74, 6) is 2.82. The second-order valence-corrected chi connectivity index (χ2v) is 6.65. The van der Waals surface area contributed by atoms with Gasteiger partial charge in [0.25, 0.3) is 0 Å². The molecule has 1 aromatic rings. The summed E-state index contributed by atoms with van der Waals surface area (Å²) in [5, 5.41) is 3.10. The van der Waals surface area contributed by atoms with E-state index in [0.717, 1.165) is 42.8 Å². The van der Waals surface area contributed by atoms with Crippen LogP contribution in [0.5, 0.6) is 5.75 Å². The van der Waals surface area contributed by atoms with Crippen LogP contribution in [0.25, 0.3) is 0 Å². The van der Waals surface area contributed by atoms with Gasteiger partial charge in [-0.05, 0) is 43.4 Å². The molecule has 3 N–H and O–H groups in total. The molecule has 1 aromatic carbocycles. The van der Waals surface area contributed by atoms with Crippen molar-refractivity contribution in [3.8, 4) is 5.75 Å². The van der Waals surface area contributed by atoms with Gasteiger partial charge in [0.15, 0.2) is 5.96 Å². The third kappa shape index (κ3) is 6.84. The standard InChI is InChI=1S/C18H30N4O.HI/c1-14-11-15(2)13-22(12-14)10-6-9-20-18(19)21-16-7-4-5-8-17(16)23-3;/h4-5,7-8,14-15H,6,9-13H2,1-3H3,(H3,19,20,21);1H. The lowest BCUT2D eigenvalue weighted by molar-refractivity contribution is 0.140. The molecule has 1 saturated heterocycles. The number of para-hydroxylation sites is 2. The third-order valence-electron chi connectivity index (χ3n) is 4.23. The molecule has 0 aromatic heterocycles. The van der Waals surface area contributed by atoms with Gasteiger partial charge in [-0.2, -0.15) is 0 Å². The number of methoxy groups -OCH3 is 1. The fraction of sp³-hybridized carbons (Fsp3) is 0.611. The Morgan fingerprint density at radius 2 is 1.96 bits per heavy atom. The molecule has 24 heavy (non-hydrogen) atoms. The van der Waals surface area contributed by atoms with Crippen LogP contribution in [-0.2, 0) is 0 Å². The van der Waals surface area contributed by atoms with E-state index in [1.54, 1.807) is 7.11 Å². The number of hydrogen-bond donors (Lipinski definition) is 2. The Labute approximate surface area is 163 Å². The molecule has 2 atom stereocenters. The fourth-order valence-electron chi connectivity index (χ4n) is 3.39. The van der Waals surface area contributed by atoms with Crippen molar-refractivity contribution in [1.82, 2.24) is 4.90 Å². The Morgan fingerprint density at radius 1 is 1.29 bits per heavy atom. The molecule has 5 nitrogen and oxygen atoms in total. The molecule has 0 amide bonds. The van der Waals surface area contributed by atoms with Crippen LogP contribution >= 0.6 is 24.0 Å². The van der Waals surface area contributed by atoms with Gasteiger partial charge in [0.1, 0.15) is 5.75 Å². The third-order valence-corrected chi connectivity index (χ3v) is 4.23. The van der Waals surface area contributed by atoms with Crippen LogP contribution in [0.15, 0.2) is 29.3 Å². The van der Waals surface area contributed by atoms with Gasteiger partial charge in [0.2, 0.25) is 0 Å². The molecule has 2 unspecified atom stereocenters. The SMILES string of the molecule is COc1ccccc1NC(N)=NCCCN1CC(C)CC(C)C1.I. The maximum atomic E-state index is 5.96. The largest absolute Gasteiger partial charge is 0.495 e. The van der Waals surface area contributed by atoms with Crippen LogP contribution in [-0.4, -0.2) is 44.1 Å². The van der Waals surface area contributed by atoms with Gasteiger partial charge in [-0.25, -0.2) is 0 Å². The molecule has 0 spiro atoms. The molecule has 0 radical (unpaired) electrons. The molecule has 1 heterocycles. The number of hydrogen-bond acceptors (Lipinski definition) is 3. The topological polar surface area (TPSA) is 62.9 Å². The van der Waals surface area contributed by atoms with Gasteiger partial charge in [-0.15, -0.1) is 24.0 Å². The van der Waals surface area contributed by atoms with Crippen LogP contribution in [0.2, 0.25) is 0 Å². The summed E-state index contributed by atoms with van der Waals surface area (Å²) in [4.78, 5) is 6.97. The van der Waals surface area contributed by atoms with E-state index in [1.807, 2.05) is 24.3 Å². The Hall–Kier alpha value is -1.02. The average Bonchev–Trinajstić information content (AvgIpc) is 2.51. The predicted molar refractivity (Wildman–Crippen MR) is 113 cm³/mol. The molecule has 0 bridgehead atoms. The number of rotatable bonds is 6. The first-order valence-corrected chi connectivity index (χ1v) is 8.50. The number of nitrogens with one attached hydrogen (secondary N) is 1. The first-order chi connectivity index (χ1) is 11.1. The number of halogens is 1. The molecule has 2 rings (SSSR count). The lowest BCUT2D eigenvalue weighted by atomic mass is 9.92. The zero-order chi connectivity index (χ0) is 16.7. The normalized spacial score (nSPS) is 21.9. The second-order valence-electron chi connectivity index (χ2n) is 6.65. The van der Waals surface area contributed by atoms with Crippen molar-refractivity contribution in [2.75, 3.05) is 38.6 Å². The highest BCUT2D eigenvalue weighted by atomic mass is 127. The van der Waals surface area contributed by atoms with Gasteiger partial charge in [-0.3, -0.25) is 4.99 Å². The van der Waals surface area contributed by atoms with Crippen LogP contribution < -0.4 is 15.8 Å². The van der Waals surface area contributed by atoms with E-state index in [0.29, 0.717) is 5.96 Å². The summed E-state index contributed by atoms with van der Waals surface area (Å²) in [6.07, 6.45) is 2.39. The molecule has 1 aliphatic rings. The highest BCUT2D eigenvalue weighted by Gasteiger charge is 2.20. The number of piperidine rings is 1. The number of guanidine groups is 1. The smallest absolute Gasteiger partial charge is 0.193 e. The first kappa shape index (κ1) is 21.0. The van der Waals surface area contributed by atoms with E-state index in [-0.39, 0.29) is 24.0 Å². The molecular formula is C18H31IN4O. The summed E-state index contributed by atoms with van der Waals surface area (Å²) in [7, 11) is 1.65. The summed E-state index contributed by atoms with van der Waals surface area (Å²) in [6, 6.07) is 7.70. The Kier molecular flexibility index (Phi) is 9.43. The van der Waals surface area contributed by atoms with E-state index in [4.69, 9.17) is 10.5 Å². The second kappa shape index (κ2) is 10.8. The van der Waals surface area contributed by atoms with E-state index in [9.17, 15) is 0 Å².